The summed E-state index contributed by atoms with van der Waals surface area (Å²) in [4.78, 5) is 12.9. The Bertz CT molecular complexity index is 1120. The molecule has 1 aromatic carbocycles. The first-order valence-electron chi connectivity index (χ1n) is 7.98. The summed E-state index contributed by atoms with van der Waals surface area (Å²) in [5.41, 5.74) is 0.926. The van der Waals surface area contributed by atoms with Gasteiger partial charge in [-0.25, -0.2) is 18.7 Å². The van der Waals surface area contributed by atoms with Gasteiger partial charge in [-0.1, -0.05) is 11.3 Å². The van der Waals surface area contributed by atoms with Gasteiger partial charge in [-0.2, -0.15) is 0 Å². The number of likely N-dealkylation sites (N-methyl/N-ethyl adjacent to an activating group) is 1. The molecule has 0 atom stereocenters. The van der Waals surface area contributed by atoms with E-state index in [1.807, 2.05) is 16.3 Å². The normalized spacial score (nSPS) is 15.0. The topological polar surface area (TPSA) is 62.5 Å². The fourth-order valence-corrected chi connectivity index (χ4v) is 4.13. The zero-order valence-corrected chi connectivity index (χ0v) is 14.5. The van der Waals surface area contributed by atoms with Crippen LogP contribution in [0.2, 0.25) is 0 Å². The maximum absolute atomic E-state index is 13.9. The first-order valence-corrected chi connectivity index (χ1v) is 8.79. The number of nitrogens with zero attached hydrogens (tertiary/aromatic N) is 7. The molecular weight excluding hydrogens is 360 g/mol. The first-order chi connectivity index (χ1) is 12.6. The molecule has 0 saturated carbocycles. The predicted octanol–water partition coefficient (Wildman–Crippen LogP) is 2.34. The van der Waals surface area contributed by atoms with E-state index in [-0.39, 0.29) is 11.6 Å². The number of hydrogen-bond acceptors (Lipinski definition) is 7. The molecule has 0 N–H and O–H groups in total. The van der Waals surface area contributed by atoms with Crippen molar-refractivity contribution in [1.82, 2.24) is 24.6 Å². The lowest BCUT2D eigenvalue weighted by molar-refractivity contribution is 0.492. The molecule has 0 spiro atoms. The fraction of sp³-hybridized carbons (Fsp3) is 0.250. The molecule has 1 aliphatic rings. The number of anilines is 2. The molecule has 4 aromatic rings. The minimum absolute atomic E-state index is 0.202. The van der Waals surface area contributed by atoms with Gasteiger partial charge in [0.25, 0.3) is 0 Å². The van der Waals surface area contributed by atoms with Gasteiger partial charge in [0.15, 0.2) is 16.8 Å². The van der Waals surface area contributed by atoms with Crippen LogP contribution in [-0.2, 0) is 0 Å². The molecule has 7 nitrogen and oxygen atoms in total. The van der Waals surface area contributed by atoms with Crippen LogP contribution in [0.1, 0.15) is 0 Å². The predicted molar refractivity (Wildman–Crippen MR) is 94.7 cm³/mol. The van der Waals surface area contributed by atoms with E-state index in [1.165, 1.54) is 17.4 Å². The van der Waals surface area contributed by atoms with Crippen LogP contribution in [0.25, 0.3) is 15.9 Å². The zero-order chi connectivity index (χ0) is 17.8. The highest BCUT2D eigenvalue weighted by molar-refractivity contribution is 7.22. The van der Waals surface area contributed by atoms with E-state index in [2.05, 4.69) is 25.1 Å². The summed E-state index contributed by atoms with van der Waals surface area (Å²) in [7, 11) is 1.92. The van der Waals surface area contributed by atoms with Crippen molar-refractivity contribution in [3.63, 3.8) is 0 Å². The van der Waals surface area contributed by atoms with Gasteiger partial charge in [-0.05, 0) is 6.07 Å². The number of rotatable bonds is 3. The van der Waals surface area contributed by atoms with Crippen LogP contribution in [0.5, 0.6) is 0 Å². The summed E-state index contributed by atoms with van der Waals surface area (Å²) in [6, 6.07) is 2.38. The SMILES string of the molecule is CN(c1nc2c(F)cc(F)cc2s1)C1CN(c2nccn3cnnc23)C1. The van der Waals surface area contributed by atoms with E-state index < -0.39 is 11.6 Å². The maximum atomic E-state index is 13.9. The Morgan fingerprint density at radius 1 is 1.27 bits per heavy atom. The number of thiazole rings is 1. The third-order valence-corrected chi connectivity index (χ3v) is 5.70. The van der Waals surface area contributed by atoms with E-state index in [0.717, 1.165) is 25.0 Å². The summed E-state index contributed by atoms with van der Waals surface area (Å²) < 4.78 is 29.6. The maximum Gasteiger partial charge on any atom is 0.203 e. The van der Waals surface area contributed by atoms with Crippen LogP contribution >= 0.6 is 11.3 Å². The molecule has 0 unspecified atom stereocenters. The van der Waals surface area contributed by atoms with Gasteiger partial charge in [0.2, 0.25) is 5.65 Å². The summed E-state index contributed by atoms with van der Waals surface area (Å²) >= 11 is 1.29. The van der Waals surface area contributed by atoms with Gasteiger partial charge in [-0.15, -0.1) is 10.2 Å². The van der Waals surface area contributed by atoms with Crippen LogP contribution in [-0.4, -0.2) is 50.7 Å². The van der Waals surface area contributed by atoms with Crippen LogP contribution in [0, 0.1) is 11.6 Å². The van der Waals surface area contributed by atoms with Crippen molar-refractivity contribution in [2.45, 2.75) is 6.04 Å². The van der Waals surface area contributed by atoms with Crippen LogP contribution < -0.4 is 9.80 Å². The molecule has 1 aliphatic heterocycles. The molecule has 1 fully saturated rings. The van der Waals surface area contributed by atoms with Crippen molar-refractivity contribution < 1.29 is 8.78 Å². The van der Waals surface area contributed by atoms with E-state index in [9.17, 15) is 8.78 Å². The van der Waals surface area contributed by atoms with Crippen LogP contribution in [0.4, 0.5) is 19.7 Å². The molecule has 0 radical (unpaired) electrons. The average Bonchev–Trinajstić information content (AvgIpc) is 3.20. The smallest absolute Gasteiger partial charge is 0.203 e. The van der Waals surface area contributed by atoms with E-state index in [1.54, 1.807) is 18.7 Å². The second-order valence-electron chi connectivity index (χ2n) is 6.21. The quantitative estimate of drug-likeness (QED) is 0.549. The van der Waals surface area contributed by atoms with Gasteiger partial charge in [0.1, 0.15) is 17.7 Å². The number of hydrogen-bond donors (Lipinski definition) is 0. The molecule has 0 aliphatic carbocycles. The Kier molecular flexibility index (Phi) is 3.29. The Morgan fingerprint density at radius 3 is 2.96 bits per heavy atom. The zero-order valence-electron chi connectivity index (χ0n) is 13.7. The molecule has 4 heterocycles. The molecule has 10 heteroatoms. The van der Waals surface area contributed by atoms with Crippen LogP contribution in [0.3, 0.4) is 0 Å². The lowest BCUT2D eigenvalue weighted by atomic mass is 10.1. The molecule has 3 aromatic heterocycles. The third kappa shape index (κ3) is 2.29. The highest BCUT2D eigenvalue weighted by Gasteiger charge is 2.34. The Balaban J connectivity index is 1.37. The molecular formula is C16H13F2N7S. The molecule has 132 valence electrons. The van der Waals surface area contributed by atoms with Crippen molar-refractivity contribution in [2.75, 3.05) is 29.9 Å². The summed E-state index contributed by atoms with van der Waals surface area (Å²) in [5.74, 6) is -0.434. The van der Waals surface area contributed by atoms with Crippen molar-refractivity contribution >= 4 is 38.2 Å². The Labute approximate surface area is 150 Å². The number of fused-ring (bicyclic) bond motifs is 2. The molecule has 0 bridgehead atoms. The van der Waals surface area contributed by atoms with E-state index >= 15 is 0 Å². The van der Waals surface area contributed by atoms with Gasteiger partial charge in [-0.3, -0.25) is 4.40 Å². The Hall–Kier alpha value is -2.88. The number of aromatic nitrogens is 5. The second-order valence-corrected chi connectivity index (χ2v) is 7.22. The first kappa shape index (κ1) is 15.4. The van der Waals surface area contributed by atoms with Gasteiger partial charge in [0, 0.05) is 38.6 Å². The molecule has 0 amide bonds. The largest absolute Gasteiger partial charge is 0.349 e. The molecule has 26 heavy (non-hydrogen) atoms. The monoisotopic (exact) mass is 373 g/mol. The second kappa shape index (κ2) is 5.56. The standard InChI is InChI=1S/C16H13F2N7S/c1-23(16-21-13-11(18)4-9(17)5-12(13)26-16)10-6-25(7-10)14-15-22-20-8-24(15)3-2-19-14/h2-5,8,10H,6-7H2,1H3. The van der Waals surface area contributed by atoms with Crippen molar-refractivity contribution in [2.24, 2.45) is 0 Å². The van der Waals surface area contributed by atoms with Gasteiger partial charge >= 0.3 is 0 Å². The van der Waals surface area contributed by atoms with Gasteiger partial charge in [0.05, 0.1) is 10.7 Å². The summed E-state index contributed by atoms with van der Waals surface area (Å²) in [5, 5.41) is 8.68. The van der Waals surface area contributed by atoms with Crippen molar-refractivity contribution in [3.8, 4) is 0 Å². The van der Waals surface area contributed by atoms with E-state index in [0.29, 0.717) is 15.5 Å². The molecule has 1 saturated heterocycles. The van der Waals surface area contributed by atoms with Gasteiger partial charge < -0.3 is 9.80 Å². The Morgan fingerprint density at radius 2 is 2.12 bits per heavy atom. The minimum atomic E-state index is -0.631. The highest BCUT2D eigenvalue weighted by Crippen LogP contribution is 2.33. The van der Waals surface area contributed by atoms with Crippen LogP contribution in [0.15, 0.2) is 30.9 Å². The van der Waals surface area contributed by atoms with Crippen molar-refractivity contribution in [1.29, 1.82) is 0 Å². The lowest BCUT2D eigenvalue weighted by Crippen LogP contribution is -2.59. The summed E-state index contributed by atoms with van der Waals surface area (Å²) in [6.45, 7) is 1.48. The van der Waals surface area contributed by atoms with E-state index in [4.69, 9.17) is 0 Å². The highest BCUT2D eigenvalue weighted by atomic mass is 32.1. The number of halogens is 2. The average molecular weight is 373 g/mol. The number of benzene rings is 1. The third-order valence-electron chi connectivity index (χ3n) is 4.61. The van der Waals surface area contributed by atoms with Crippen molar-refractivity contribution in [3.05, 3.63) is 42.5 Å². The fourth-order valence-electron chi connectivity index (χ4n) is 3.09. The summed E-state index contributed by atoms with van der Waals surface area (Å²) in [6.07, 6.45) is 5.16. The molecule has 5 rings (SSSR count). The lowest BCUT2D eigenvalue weighted by Gasteiger charge is -2.44. The minimum Gasteiger partial charge on any atom is -0.349 e.